The summed E-state index contributed by atoms with van der Waals surface area (Å²) in [5.41, 5.74) is 1.62. The highest BCUT2D eigenvalue weighted by Crippen LogP contribution is 2.28. The van der Waals surface area contributed by atoms with Gasteiger partial charge in [0, 0.05) is 0 Å². The molecule has 0 radical (unpaired) electrons. The van der Waals surface area contributed by atoms with E-state index in [1.807, 2.05) is 0 Å². The van der Waals surface area contributed by atoms with Gasteiger partial charge in [-0.15, -0.1) is 0 Å². The molecule has 0 aliphatic heterocycles. The van der Waals surface area contributed by atoms with Crippen molar-refractivity contribution in [3.05, 3.63) is 52.9 Å². The fraction of sp³-hybridized carbons (Fsp3) is 0.286. The summed E-state index contributed by atoms with van der Waals surface area (Å²) in [6.45, 7) is 0. The molecule has 1 amide bonds. The normalized spacial score (nSPS) is 17.6. The van der Waals surface area contributed by atoms with E-state index in [1.165, 1.54) is 0 Å². The summed E-state index contributed by atoms with van der Waals surface area (Å²) in [6.07, 6.45) is 4.31. The maximum absolute atomic E-state index is 13.6. The van der Waals surface area contributed by atoms with E-state index < -0.39 is 17.5 Å². The minimum atomic E-state index is -0.732. The van der Waals surface area contributed by atoms with Crippen LogP contribution in [0.3, 0.4) is 0 Å². The Morgan fingerprint density at radius 2 is 2.25 bits per heavy atom. The Bertz CT molecular complexity index is 654. The van der Waals surface area contributed by atoms with Crippen LogP contribution < -0.4 is 5.32 Å². The number of fused-ring (bicyclic) bond motifs is 1. The topological polar surface area (TPSA) is 57.8 Å². The van der Waals surface area contributed by atoms with Gasteiger partial charge in [0.2, 0.25) is 0 Å². The van der Waals surface area contributed by atoms with Gasteiger partial charge in [-0.25, -0.2) is 8.78 Å². The van der Waals surface area contributed by atoms with Gasteiger partial charge >= 0.3 is 0 Å². The first-order chi connectivity index (χ1) is 9.65. The summed E-state index contributed by atoms with van der Waals surface area (Å²) in [7, 11) is 0. The average Bonchev–Trinajstić information content (AvgIpc) is 2.91. The van der Waals surface area contributed by atoms with Crippen molar-refractivity contribution in [2.45, 2.75) is 25.3 Å². The van der Waals surface area contributed by atoms with E-state index in [2.05, 4.69) is 15.5 Å². The highest BCUT2D eigenvalue weighted by atomic mass is 19.1. The fourth-order valence-corrected chi connectivity index (χ4v) is 2.51. The number of benzene rings is 1. The molecule has 1 aliphatic rings. The second-order valence-corrected chi connectivity index (χ2v) is 4.85. The molecule has 3 rings (SSSR count). The molecule has 104 valence electrons. The summed E-state index contributed by atoms with van der Waals surface area (Å²) >= 11 is 0. The number of hydrogen-bond donors (Lipinski definition) is 2. The summed E-state index contributed by atoms with van der Waals surface area (Å²) < 4.78 is 26.7. The molecule has 1 unspecified atom stereocenters. The molecule has 6 heteroatoms. The molecule has 4 nitrogen and oxygen atoms in total. The van der Waals surface area contributed by atoms with Gasteiger partial charge in [0.25, 0.3) is 5.91 Å². The minimum absolute atomic E-state index is 0.239. The molecular weight excluding hydrogens is 264 g/mol. The third-order valence-electron chi connectivity index (χ3n) is 3.52. The predicted molar refractivity (Wildman–Crippen MR) is 68.1 cm³/mol. The number of carbonyl (C=O) groups is 1. The molecule has 1 aliphatic carbocycles. The lowest BCUT2D eigenvalue weighted by Gasteiger charge is -2.23. The predicted octanol–water partition coefficient (Wildman–Crippen LogP) is 2.50. The standard InChI is InChI=1S/C14H13F2N3O/c15-9-4-5-11(16)10(6-9)14(20)18-12-3-1-2-8-7-17-19-13(8)12/h4-7,12H,1-3H2,(H,17,19)(H,18,20). The first kappa shape index (κ1) is 12.8. The lowest BCUT2D eigenvalue weighted by atomic mass is 9.93. The van der Waals surface area contributed by atoms with Crippen LogP contribution in [-0.2, 0) is 6.42 Å². The molecule has 1 heterocycles. The van der Waals surface area contributed by atoms with E-state index in [4.69, 9.17) is 0 Å². The Morgan fingerprint density at radius 1 is 1.40 bits per heavy atom. The Balaban J connectivity index is 1.82. The molecule has 2 N–H and O–H groups in total. The second-order valence-electron chi connectivity index (χ2n) is 4.85. The van der Waals surface area contributed by atoms with Gasteiger partial charge in [0.15, 0.2) is 0 Å². The van der Waals surface area contributed by atoms with E-state index in [-0.39, 0.29) is 11.6 Å². The molecule has 1 aromatic heterocycles. The highest BCUT2D eigenvalue weighted by molar-refractivity contribution is 5.94. The molecule has 0 saturated carbocycles. The summed E-state index contributed by atoms with van der Waals surface area (Å²) in [5, 5.41) is 9.54. The number of H-pyrrole nitrogens is 1. The van der Waals surface area contributed by atoms with Crippen LogP contribution in [0.1, 0.15) is 40.5 Å². The Labute approximate surface area is 114 Å². The van der Waals surface area contributed by atoms with Crippen molar-refractivity contribution in [2.24, 2.45) is 0 Å². The van der Waals surface area contributed by atoms with Crippen LogP contribution in [0.2, 0.25) is 0 Å². The number of aromatic nitrogens is 2. The van der Waals surface area contributed by atoms with Crippen LogP contribution in [-0.4, -0.2) is 16.1 Å². The Morgan fingerprint density at radius 3 is 3.10 bits per heavy atom. The summed E-state index contributed by atoms with van der Waals surface area (Å²) in [5.74, 6) is -1.98. The van der Waals surface area contributed by atoms with Crippen LogP contribution in [0.5, 0.6) is 0 Å². The zero-order valence-electron chi connectivity index (χ0n) is 10.6. The zero-order valence-corrected chi connectivity index (χ0v) is 10.6. The molecular formula is C14H13F2N3O. The van der Waals surface area contributed by atoms with Crippen LogP contribution >= 0.6 is 0 Å². The number of hydrogen-bond acceptors (Lipinski definition) is 2. The van der Waals surface area contributed by atoms with Gasteiger partial charge in [0.05, 0.1) is 23.5 Å². The number of rotatable bonds is 2. The molecule has 0 bridgehead atoms. The number of aryl methyl sites for hydroxylation is 1. The van der Waals surface area contributed by atoms with Gasteiger partial charge < -0.3 is 5.32 Å². The summed E-state index contributed by atoms with van der Waals surface area (Å²) in [6, 6.07) is 2.60. The van der Waals surface area contributed by atoms with Crippen molar-refractivity contribution in [3.63, 3.8) is 0 Å². The van der Waals surface area contributed by atoms with E-state index in [0.29, 0.717) is 0 Å². The second kappa shape index (κ2) is 5.03. The fourth-order valence-electron chi connectivity index (χ4n) is 2.51. The van der Waals surface area contributed by atoms with Crippen LogP contribution in [0.4, 0.5) is 8.78 Å². The number of nitrogens with one attached hydrogen (secondary N) is 2. The largest absolute Gasteiger partial charge is 0.344 e. The van der Waals surface area contributed by atoms with Gasteiger partial charge in [-0.05, 0) is 43.0 Å². The number of aromatic amines is 1. The van der Waals surface area contributed by atoms with E-state index in [9.17, 15) is 13.6 Å². The molecule has 2 aromatic rings. The molecule has 0 saturated heterocycles. The maximum Gasteiger partial charge on any atom is 0.254 e. The number of amides is 1. The van der Waals surface area contributed by atoms with Crippen molar-refractivity contribution in [2.75, 3.05) is 0 Å². The van der Waals surface area contributed by atoms with Crippen LogP contribution in [0.25, 0.3) is 0 Å². The van der Waals surface area contributed by atoms with Gasteiger partial charge in [-0.2, -0.15) is 5.10 Å². The van der Waals surface area contributed by atoms with Gasteiger partial charge in [-0.3, -0.25) is 9.89 Å². The Kier molecular flexibility index (Phi) is 3.22. The highest BCUT2D eigenvalue weighted by Gasteiger charge is 2.25. The van der Waals surface area contributed by atoms with Gasteiger partial charge in [0.1, 0.15) is 11.6 Å². The van der Waals surface area contributed by atoms with E-state index in [0.717, 1.165) is 48.7 Å². The third-order valence-corrected chi connectivity index (χ3v) is 3.52. The van der Waals surface area contributed by atoms with Crippen molar-refractivity contribution in [1.29, 1.82) is 0 Å². The van der Waals surface area contributed by atoms with E-state index in [1.54, 1.807) is 6.20 Å². The van der Waals surface area contributed by atoms with Crippen molar-refractivity contribution in [3.8, 4) is 0 Å². The maximum atomic E-state index is 13.6. The zero-order chi connectivity index (χ0) is 14.1. The lowest BCUT2D eigenvalue weighted by molar-refractivity contribution is 0.0927. The van der Waals surface area contributed by atoms with Crippen molar-refractivity contribution < 1.29 is 13.6 Å². The minimum Gasteiger partial charge on any atom is -0.344 e. The SMILES string of the molecule is O=C(NC1CCCc2cn[nH]c21)c1cc(F)ccc1F. The smallest absolute Gasteiger partial charge is 0.254 e. The Hall–Kier alpha value is -2.24. The quantitative estimate of drug-likeness (QED) is 0.886. The van der Waals surface area contributed by atoms with E-state index >= 15 is 0 Å². The first-order valence-corrected chi connectivity index (χ1v) is 6.43. The monoisotopic (exact) mass is 277 g/mol. The molecule has 1 aromatic carbocycles. The van der Waals surface area contributed by atoms with Crippen LogP contribution in [0, 0.1) is 11.6 Å². The van der Waals surface area contributed by atoms with Crippen molar-refractivity contribution in [1.82, 2.24) is 15.5 Å². The molecule has 0 spiro atoms. The molecule has 1 atom stereocenters. The number of halogens is 2. The molecule has 0 fully saturated rings. The van der Waals surface area contributed by atoms with Crippen molar-refractivity contribution >= 4 is 5.91 Å². The first-order valence-electron chi connectivity index (χ1n) is 6.43. The number of nitrogens with zero attached hydrogens (tertiary/aromatic N) is 1. The van der Waals surface area contributed by atoms with Gasteiger partial charge in [-0.1, -0.05) is 0 Å². The third kappa shape index (κ3) is 2.29. The average molecular weight is 277 g/mol. The summed E-state index contributed by atoms with van der Waals surface area (Å²) in [4.78, 5) is 12.1. The van der Waals surface area contributed by atoms with Crippen LogP contribution in [0.15, 0.2) is 24.4 Å². The lowest BCUT2D eigenvalue weighted by Crippen LogP contribution is -2.31. The number of carbonyl (C=O) groups excluding carboxylic acids is 1. The molecule has 20 heavy (non-hydrogen) atoms.